The Labute approximate surface area is 190 Å². The molecule has 1 aromatic carbocycles. The number of nitrogens with zero attached hydrogens (tertiary/aromatic N) is 3. The van der Waals surface area contributed by atoms with Crippen LogP contribution >= 0.6 is 11.6 Å². The first kappa shape index (κ1) is 22.8. The molecule has 174 valence electrons. The standard InChI is InChI=1S/C23H28ClF2N3O3/c1-27(15-8-10-23(25,26)11-9-15)21(30)17-14-28(19-7-4-6-18(24)20(17)19)13-16-5-2-3-12-29(16)22(31)32/h4,6-7,14-16H,2-3,5,8-13H2,1H3,(H,31,32). The molecule has 2 heterocycles. The number of piperidine rings is 1. The number of fused-ring (bicyclic) bond motifs is 1. The van der Waals surface area contributed by atoms with Gasteiger partial charge in [-0.2, -0.15) is 0 Å². The molecule has 1 saturated carbocycles. The molecule has 32 heavy (non-hydrogen) atoms. The number of rotatable bonds is 4. The lowest BCUT2D eigenvalue weighted by molar-refractivity contribution is -0.0490. The molecule has 9 heteroatoms. The van der Waals surface area contributed by atoms with Crippen LogP contribution in [0.25, 0.3) is 10.9 Å². The van der Waals surface area contributed by atoms with Gasteiger partial charge in [0.15, 0.2) is 0 Å². The number of halogens is 3. The van der Waals surface area contributed by atoms with Gasteiger partial charge in [0.1, 0.15) is 0 Å². The van der Waals surface area contributed by atoms with Gasteiger partial charge in [-0.15, -0.1) is 0 Å². The summed E-state index contributed by atoms with van der Waals surface area (Å²) >= 11 is 6.48. The molecule has 2 aliphatic rings. The van der Waals surface area contributed by atoms with Gasteiger partial charge in [-0.25, -0.2) is 13.6 Å². The number of amides is 2. The van der Waals surface area contributed by atoms with Crippen molar-refractivity contribution in [3.8, 4) is 0 Å². The minimum Gasteiger partial charge on any atom is -0.465 e. The maximum Gasteiger partial charge on any atom is 0.407 e. The largest absolute Gasteiger partial charge is 0.465 e. The third-order valence-electron chi connectivity index (χ3n) is 6.92. The molecule has 1 aliphatic carbocycles. The van der Waals surface area contributed by atoms with E-state index < -0.39 is 12.0 Å². The molecule has 0 radical (unpaired) electrons. The SMILES string of the molecule is CN(C(=O)c1cn(CC2CCCCN2C(=O)O)c2cccc(Cl)c12)C1CCC(F)(F)CC1. The summed E-state index contributed by atoms with van der Waals surface area (Å²) in [6.45, 7) is 0.927. The lowest BCUT2D eigenvalue weighted by atomic mass is 9.91. The molecule has 1 unspecified atom stereocenters. The monoisotopic (exact) mass is 467 g/mol. The summed E-state index contributed by atoms with van der Waals surface area (Å²) in [6, 6.07) is 4.96. The van der Waals surface area contributed by atoms with E-state index in [9.17, 15) is 23.5 Å². The zero-order valence-corrected chi connectivity index (χ0v) is 18.8. The molecule has 0 bridgehead atoms. The summed E-state index contributed by atoms with van der Waals surface area (Å²) in [5.41, 5.74) is 1.18. The molecule has 6 nitrogen and oxygen atoms in total. The fourth-order valence-corrected chi connectivity index (χ4v) is 5.33. The molecule has 1 saturated heterocycles. The van der Waals surface area contributed by atoms with E-state index in [2.05, 4.69) is 0 Å². The zero-order chi connectivity index (χ0) is 23.0. The Balaban J connectivity index is 1.64. The van der Waals surface area contributed by atoms with Crippen LogP contribution in [0.15, 0.2) is 24.4 Å². The molecular weight excluding hydrogens is 440 g/mol. The van der Waals surface area contributed by atoms with Crippen LogP contribution in [0.3, 0.4) is 0 Å². The van der Waals surface area contributed by atoms with E-state index in [4.69, 9.17) is 11.6 Å². The Hall–Kier alpha value is -2.35. The van der Waals surface area contributed by atoms with Crippen LogP contribution in [-0.2, 0) is 6.54 Å². The van der Waals surface area contributed by atoms with Crippen LogP contribution in [0.2, 0.25) is 5.02 Å². The highest BCUT2D eigenvalue weighted by molar-refractivity contribution is 6.36. The number of carbonyl (C=O) groups is 2. The van der Waals surface area contributed by atoms with E-state index in [0.717, 1.165) is 24.8 Å². The van der Waals surface area contributed by atoms with Gasteiger partial charge in [0.25, 0.3) is 5.91 Å². The second-order valence-electron chi connectivity index (χ2n) is 8.96. The molecule has 2 fully saturated rings. The number of alkyl halides is 2. The van der Waals surface area contributed by atoms with Crippen molar-refractivity contribution in [2.75, 3.05) is 13.6 Å². The maximum absolute atomic E-state index is 13.6. The van der Waals surface area contributed by atoms with Crippen LogP contribution in [0, 0.1) is 0 Å². The smallest absolute Gasteiger partial charge is 0.407 e. The summed E-state index contributed by atoms with van der Waals surface area (Å²) in [5.74, 6) is -2.91. The minimum absolute atomic E-state index is 0.183. The molecule has 0 spiro atoms. The van der Waals surface area contributed by atoms with Crippen molar-refractivity contribution in [3.63, 3.8) is 0 Å². The van der Waals surface area contributed by atoms with Crippen LogP contribution in [0.1, 0.15) is 55.3 Å². The van der Waals surface area contributed by atoms with E-state index >= 15 is 0 Å². The van der Waals surface area contributed by atoms with Crippen molar-refractivity contribution >= 4 is 34.5 Å². The van der Waals surface area contributed by atoms with Gasteiger partial charge in [-0.1, -0.05) is 17.7 Å². The molecule has 1 atom stereocenters. The average molecular weight is 468 g/mol. The van der Waals surface area contributed by atoms with Crippen LogP contribution < -0.4 is 0 Å². The number of hydrogen-bond acceptors (Lipinski definition) is 2. The van der Waals surface area contributed by atoms with E-state index in [1.165, 1.54) is 4.90 Å². The Morgan fingerprint density at radius 1 is 1.22 bits per heavy atom. The minimum atomic E-state index is -2.66. The van der Waals surface area contributed by atoms with E-state index in [1.54, 1.807) is 30.3 Å². The molecule has 1 aliphatic heterocycles. The molecule has 1 aromatic heterocycles. The molecule has 2 amide bonds. The Morgan fingerprint density at radius 2 is 1.94 bits per heavy atom. The van der Waals surface area contributed by atoms with E-state index in [0.29, 0.717) is 29.1 Å². The molecule has 1 N–H and O–H groups in total. The normalized spacial score (nSPS) is 21.6. The predicted molar refractivity (Wildman–Crippen MR) is 119 cm³/mol. The Bertz CT molecular complexity index is 1020. The van der Waals surface area contributed by atoms with Crippen molar-refractivity contribution in [1.29, 1.82) is 0 Å². The maximum atomic E-state index is 13.6. The van der Waals surface area contributed by atoms with Gasteiger partial charge < -0.3 is 19.5 Å². The van der Waals surface area contributed by atoms with E-state index in [-0.39, 0.29) is 43.7 Å². The average Bonchev–Trinajstić information content (AvgIpc) is 3.12. The highest BCUT2D eigenvalue weighted by atomic mass is 35.5. The topological polar surface area (TPSA) is 65.8 Å². The van der Waals surface area contributed by atoms with Gasteiger partial charge in [0.2, 0.25) is 5.92 Å². The first-order valence-corrected chi connectivity index (χ1v) is 11.5. The van der Waals surface area contributed by atoms with Crippen molar-refractivity contribution < 1.29 is 23.5 Å². The number of benzene rings is 1. The Morgan fingerprint density at radius 3 is 2.62 bits per heavy atom. The van der Waals surface area contributed by atoms with Gasteiger partial charge in [-0.05, 0) is 44.2 Å². The zero-order valence-electron chi connectivity index (χ0n) is 18.1. The first-order valence-electron chi connectivity index (χ1n) is 11.1. The number of hydrogen-bond donors (Lipinski definition) is 1. The summed E-state index contributed by atoms with van der Waals surface area (Å²) in [7, 11) is 1.66. The predicted octanol–water partition coefficient (Wildman–Crippen LogP) is 5.48. The van der Waals surface area contributed by atoms with Gasteiger partial charge in [-0.3, -0.25) is 4.79 Å². The summed E-state index contributed by atoms with van der Waals surface area (Å²) < 4.78 is 29.0. The Kier molecular flexibility index (Phi) is 6.34. The first-order chi connectivity index (χ1) is 15.2. The lowest BCUT2D eigenvalue weighted by Gasteiger charge is -2.34. The summed E-state index contributed by atoms with van der Waals surface area (Å²) in [5, 5.41) is 10.6. The summed E-state index contributed by atoms with van der Waals surface area (Å²) in [6.07, 6.45) is 3.44. The van der Waals surface area contributed by atoms with Crippen molar-refractivity contribution in [2.45, 2.75) is 69.5 Å². The number of carboxylic acid groups (broad SMARTS) is 1. The van der Waals surface area contributed by atoms with Crippen LogP contribution in [0.4, 0.5) is 13.6 Å². The fraction of sp³-hybridized carbons (Fsp3) is 0.565. The lowest BCUT2D eigenvalue weighted by Crippen LogP contribution is -2.45. The molecular formula is C23H28ClF2N3O3. The van der Waals surface area contributed by atoms with Crippen molar-refractivity contribution in [3.05, 3.63) is 35.0 Å². The van der Waals surface area contributed by atoms with E-state index in [1.807, 2.05) is 10.6 Å². The third kappa shape index (κ3) is 4.42. The number of likely N-dealkylation sites (tertiary alicyclic amines) is 1. The van der Waals surface area contributed by atoms with Gasteiger partial charge >= 0.3 is 6.09 Å². The second kappa shape index (κ2) is 8.89. The van der Waals surface area contributed by atoms with Gasteiger partial charge in [0, 0.05) is 50.6 Å². The highest BCUT2D eigenvalue weighted by Crippen LogP contribution is 2.36. The highest BCUT2D eigenvalue weighted by Gasteiger charge is 2.38. The van der Waals surface area contributed by atoms with Crippen LogP contribution in [-0.4, -0.2) is 63.1 Å². The van der Waals surface area contributed by atoms with Gasteiger partial charge in [0.05, 0.1) is 22.1 Å². The number of carbonyl (C=O) groups excluding carboxylic acids is 1. The second-order valence-corrected chi connectivity index (χ2v) is 9.37. The third-order valence-corrected chi connectivity index (χ3v) is 7.24. The van der Waals surface area contributed by atoms with Crippen LogP contribution in [0.5, 0.6) is 0 Å². The fourth-order valence-electron chi connectivity index (χ4n) is 5.06. The number of aromatic nitrogens is 1. The quantitative estimate of drug-likeness (QED) is 0.647. The van der Waals surface area contributed by atoms with Crippen molar-refractivity contribution in [1.82, 2.24) is 14.4 Å². The molecule has 4 rings (SSSR count). The molecule has 2 aromatic rings. The summed E-state index contributed by atoms with van der Waals surface area (Å²) in [4.78, 5) is 28.1. The van der Waals surface area contributed by atoms with Crippen molar-refractivity contribution in [2.24, 2.45) is 0 Å².